The molecule has 0 unspecified atom stereocenters. The monoisotopic (exact) mass is 475 g/mol. The summed E-state index contributed by atoms with van der Waals surface area (Å²) in [5, 5.41) is 3.17. The summed E-state index contributed by atoms with van der Waals surface area (Å²) in [6.45, 7) is 6.59. The second-order valence-corrected chi connectivity index (χ2v) is 10.1. The molecular formula is C30H41N3O2. The number of fused-ring (bicyclic) bond motifs is 1. The van der Waals surface area contributed by atoms with Crippen LogP contribution in [0.4, 0.5) is 0 Å². The Morgan fingerprint density at radius 3 is 2.69 bits per heavy atom. The molecule has 188 valence electrons. The molecule has 1 heterocycles. The number of benzene rings is 2. The van der Waals surface area contributed by atoms with E-state index in [0.717, 1.165) is 75.1 Å². The van der Waals surface area contributed by atoms with Gasteiger partial charge in [0.25, 0.3) is 0 Å². The predicted octanol–water partition coefficient (Wildman–Crippen LogP) is 6.53. The van der Waals surface area contributed by atoms with Crippen molar-refractivity contribution < 1.29 is 9.53 Å². The largest absolute Gasteiger partial charge is 0.493 e. The maximum absolute atomic E-state index is 12.3. The highest BCUT2D eigenvalue weighted by molar-refractivity contribution is 5.78. The number of carbonyl (C=O) groups is 1. The number of ether oxygens (including phenoxy) is 1. The molecule has 5 heteroatoms. The van der Waals surface area contributed by atoms with E-state index in [-0.39, 0.29) is 11.8 Å². The average Bonchev–Trinajstić information content (AvgIpc) is 3.22. The van der Waals surface area contributed by atoms with E-state index < -0.39 is 0 Å². The van der Waals surface area contributed by atoms with Gasteiger partial charge in [0.05, 0.1) is 17.6 Å². The lowest BCUT2D eigenvalue weighted by atomic mass is 9.89. The zero-order valence-electron chi connectivity index (χ0n) is 21.5. The number of para-hydroxylation sites is 2. The lowest BCUT2D eigenvalue weighted by Crippen LogP contribution is -2.32. The van der Waals surface area contributed by atoms with Gasteiger partial charge in [-0.3, -0.25) is 4.79 Å². The first kappa shape index (κ1) is 25.3. The van der Waals surface area contributed by atoms with Crippen molar-refractivity contribution >= 4 is 16.9 Å². The molecule has 0 bridgehead atoms. The Morgan fingerprint density at radius 2 is 1.86 bits per heavy atom. The first-order valence-corrected chi connectivity index (χ1v) is 13.5. The molecule has 35 heavy (non-hydrogen) atoms. The number of imidazole rings is 1. The molecule has 1 aromatic heterocycles. The van der Waals surface area contributed by atoms with Gasteiger partial charge < -0.3 is 14.6 Å². The van der Waals surface area contributed by atoms with E-state index in [2.05, 4.69) is 66.2 Å². The Bertz CT molecular complexity index is 1100. The fraction of sp³-hybridized carbons (Fsp3) is 0.533. The summed E-state index contributed by atoms with van der Waals surface area (Å²) in [7, 11) is 0. The summed E-state index contributed by atoms with van der Waals surface area (Å²) in [6.07, 6.45) is 10.9. The lowest BCUT2D eigenvalue weighted by Gasteiger charge is -2.20. The molecule has 3 aromatic rings. The maximum atomic E-state index is 12.3. The number of rotatable bonds is 12. The summed E-state index contributed by atoms with van der Waals surface area (Å²) < 4.78 is 8.43. The van der Waals surface area contributed by atoms with Crippen molar-refractivity contribution in [2.45, 2.75) is 84.6 Å². The molecule has 0 spiro atoms. The highest BCUT2D eigenvalue weighted by Gasteiger charge is 2.20. The van der Waals surface area contributed by atoms with Gasteiger partial charge in [-0.1, -0.05) is 55.5 Å². The first-order chi connectivity index (χ1) is 17.1. The van der Waals surface area contributed by atoms with Crippen LogP contribution < -0.4 is 10.1 Å². The first-order valence-electron chi connectivity index (χ1n) is 13.5. The number of unbranched alkanes of at least 4 members (excludes halogenated alkanes) is 2. The molecule has 0 radical (unpaired) electrons. The van der Waals surface area contributed by atoms with E-state index in [4.69, 9.17) is 9.72 Å². The molecule has 1 saturated carbocycles. The van der Waals surface area contributed by atoms with Crippen LogP contribution in [0.3, 0.4) is 0 Å². The molecule has 1 aliphatic carbocycles. The van der Waals surface area contributed by atoms with Crippen molar-refractivity contribution in [1.82, 2.24) is 14.9 Å². The van der Waals surface area contributed by atoms with Crippen LogP contribution in [0.2, 0.25) is 0 Å². The average molecular weight is 476 g/mol. The van der Waals surface area contributed by atoms with E-state index >= 15 is 0 Å². The smallest absolute Gasteiger partial charge is 0.223 e. The molecule has 0 saturated heterocycles. The van der Waals surface area contributed by atoms with Gasteiger partial charge in [-0.2, -0.15) is 0 Å². The van der Waals surface area contributed by atoms with Crippen molar-refractivity contribution in [3.63, 3.8) is 0 Å². The lowest BCUT2D eigenvalue weighted by molar-refractivity contribution is -0.125. The highest BCUT2D eigenvalue weighted by Crippen LogP contribution is 2.24. The minimum atomic E-state index is 0.252. The standard InChI is InChI=1S/C30H41N3O2/c1-23-17-18-28(24(2)22-23)35-21-11-20-33-27-15-9-8-14-26(27)32-29(33)16-7-4-10-19-31-30(34)25-12-5-3-6-13-25/h8-9,14-15,17-18,22,25H,3-7,10-13,16,19-21H2,1-2H3,(H,31,34). The van der Waals surface area contributed by atoms with Crippen LogP contribution in [0.25, 0.3) is 11.0 Å². The summed E-state index contributed by atoms with van der Waals surface area (Å²) >= 11 is 0. The summed E-state index contributed by atoms with van der Waals surface area (Å²) in [4.78, 5) is 17.2. The molecule has 2 aromatic carbocycles. The van der Waals surface area contributed by atoms with Gasteiger partial charge in [0.2, 0.25) is 5.91 Å². The third-order valence-corrected chi connectivity index (χ3v) is 7.20. The number of nitrogens with one attached hydrogen (secondary N) is 1. The van der Waals surface area contributed by atoms with Crippen LogP contribution in [0, 0.1) is 19.8 Å². The number of amides is 1. The number of carbonyl (C=O) groups excluding carboxylic acids is 1. The SMILES string of the molecule is Cc1ccc(OCCCn2c(CCCCCNC(=O)C3CCCCC3)nc3ccccc32)c(C)c1. The third kappa shape index (κ3) is 7.09. The van der Waals surface area contributed by atoms with E-state index in [1.807, 2.05) is 0 Å². The Kier molecular flexibility index (Phi) is 9.21. The number of hydrogen-bond donors (Lipinski definition) is 1. The zero-order chi connectivity index (χ0) is 24.5. The molecule has 1 N–H and O–H groups in total. The molecule has 1 amide bonds. The molecule has 1 fully saturated rings. The number of nitrogens with zero attached hydrogens (tertiary/aromatic N) is 2. The normalized spacial score (nSPS) is 14.3. The van der Waals surface area contributed by atoms with Crippen LogP contribution in [0.1, 0.15) is 74.7 Å². The van der Waals surface area contributed by atoms with Crippen molar-refractivity contribution in [2.75, 3.05) is 13.2 Å². The van der Waals surface area contributed by atoms with Gasteiger partial charge in [0, 0.05) is 25.4 Å². The predicted molar refractivity (Wildman–Crippen MR) is 143 cm³/mol. The maximum Gasteiger partial charge on any atom is 0.223 e. The fourth-order valence-corrected chi connectivity index (χ4v) is 5.24. The highest BCUT2D eigenvalue weighted by atomic mass is 16.5. The Balaban J connectivity index is 1.23. The summed E-state index contributed by atoms with van der Waals surface area (Å²) in [5.74, 6) is 2.66. The molecular weight excluding hydrogens is 434 g/mol. The van der Waals surface area contributed by atoms with Gasteiger partial charge in [-0.15, -0.1) is 0 Å². The zero-order valence-corrected chi connectivity index (χ0v) is 21.5. The minimum Gasteiger partial charge on any atom is -0.493 e. The van der Waals surface area contributed by atoms with Gasteiger partial charge >= 0.3 is 0 Å². The molecule has 4 rings (SSSR count). The van der Waals surface area contributed by atoms with Gasteiger partial charge in [0.1, 0.15) is 11.6 Å². The number of aryl methyl sites for hydroxylation is 4. The second kappa shape index (κ2) is 12.8. The van der Waals surface area contributed by atoms with Crippen LogP contribution in [0.15, 0.2) is 42.5 Å². The summed E-state index contributed by atoms with van der Waals surface area (Å²) in [6, 6.07) is 14.7. The number of aromatic nitrogens is 2. The van der Waals surface area contributed by atoms with Crippen LogP contribution in [-0.4, -0.2) is 28.6 Å². The van der Waals surface area contributed by atoms with Crippen LogP contribution in [0.5, 0.6) is 5.75 Å². The molecule has 5 nitrogen and oxygen atoms in total. The van der Waals surface area contributed by atoms with Gasteiger partial charge in [-0.05, 0) is 69.7 Å². The van der Waals surface area contributed by atoms with E-state index in [1.165, 1.54) is 35.9 Å². The van der Waals surface area contributed by atoms with Crippen LogP contribution >= 0.6 is 0 Å². The van der Waals surface area contributed by atoms with Crippen LogP contribution in [-0.2, 0) is 17.8 Å². The van der Waals surface area contributed by atoms with Gasteiger partial charge in [0.15, 0.2) is 0 Å². The minimum absolute atomic E-state index is 0.252. The summed E-state index contributed by atoms with van der Waals surface area (Å²) in [5.41, 5.74) is 4.72. The molecule has 0 aliphatic heterocycles. The number of hydrogen-bond acceptors (Lipinski definition) is 3. The Morgan fingerprint density at radius 1 is 1.03 bits per heavy atom. The van der Waals surface area contributed by atoms with Crippen molar-refractivity contribution in [3.05, 3.63) is 59.4 Å². The van der Waals surface area contributed by atoms with E-state index in [1.54, 1.807) is 0 Å². The van der Waals surface area contributed by atoms with Crippen molar-refractivity contribution in [1.29, 1.82) is 0 Å². The Hall–Kier alpha value is -2.82. The van der Waals surface area contributed by atoms with Gasteiger partial charge in [-0.25, -0.2) is 4.98 Å². The molecule has 1 aliphatic rings. The fourth-order valence-electron chi connectivity index (χ4n) is 5.24. The molecule has 0 atom stereocenters. The second-order valence-electron chi connectivity index (χ2n) is 10.1. The Labute approximate surface area is 210 Å². The topological polar surface area (TPSA) is 56.1 Å². The van der Waals surface area contributed by atoms with Crippen molar-refractivity contribution in [2.24, 2.45) is 5.92 Å². The van der Waals surface area contributed by atoms with E-state index in [0.29, 0.717) is 6.61 Å². The quantitative estimate of drug-likeness (QED) is 0.303. The van der Waals surface area contributed by atoms with Crippen molar-refractivity contribution in [3.8, 4) is 5.75 Å². The van der Waals surface area contributed by atoms with E-state index in [9.17, 15) is 4.79 Å². The third-order valence-electron chi connectivity index (χ3n) is 7.20.